The minimum atomic E-state index is -4.70. The van der Waals surface area contributed by atoms with Crippen molar-refractivity contribution in [1.82, 2.24) is 0 Å². The number of rotatable bonds is 2. The van der Waals surface area contributed by atoms with Crippen molar-refractivity contribution in [2.45, 2.75) is 17.1 Å². The first-order chi connectivity index (χ1) is 8.30. The second-order valence-electron chi connectivity index (χ2n) is 3.48. The summed E-state index contributed by atoms with van der Waals surface area (Å²) in [6.45, 7) is 3.51. The summed E-state index contributed by atoms with van der Waals surface area (Å²) in [4.78, 5) is 0.577. The number of hydrogen-bond acceptors (Lipinski definition) is 3. The molecule has 0 N–H and O–H groups in total. The lowest BCUT2D eigenvalue weighted by molar-refractivity contribution is -0.391. The van der Waals surface area contributed by atoms with Crippen LogP contribution in [0.3, 0.4) is 0 Å². The molecule has 2 rings (SSSR count). The van der Waals surface area contributed by atoms with Crippen LogP contribution in [0.5, 0.6) is 11.5 Å². The van der Waals surface area contributed by atoms with Gasteiger partial charge in [-0.3, -0.25) is 0 Å². The van der Waals surface area contributed by atoms with Crippen molar-refractivity contribution in [3.8, 4) is 11.5 Å². The van der Waals surface area contributed by atoms with E-state index in [9.17, 15) is 17.6 Å². The molecule has 1 aromatic carbocycles. The monoisotopic (exact) mass is 280 g/mol. The topological polar surface area (TPSA) is 18.5 Å². The minimum Gasteiger partial charge on any atom is -0.421 e. The fourth-order valence-electron chi connectivity index (χ4n) is 1.45. The number of alkyl halides is 4. The summed E-state index contributed by atoms with van der Waals surface area (Å²) in [5.41, 5.74) is 0.505. The maximum atomic E-state index is 13.0. The molecule has 0 aromatic heterocycles. The Morgan fingerprint density at radius 3 is 2.06 bits per heavy atom. The van der Waals surface area contributed by atoms with Gasteiger partial charge >= 0.3 is 12.2 Å². The molecule has 18 heavy (non-hydrogen) atoms. The first-order valence-electron chi connectivity index (χ1n) is 4.79. The molecule has 0 saturated heterocycles. The van der Waals surface area contributed by atoms with Crippen molar-refractivity contribution < 1.29 is 27.0 Å². The molecule has 2 nitrogen and oxygen atoms in total. The summed E-state index contributed by atoms with van der Waals surface area (Å²) >= 11 is 1.25. The molecule has 1 aliphatic rings. The van der Waals surface area contributed by atoms with Gasteiger partial charge in [0.15, 0.2) is 11.5 Å². The zero-order chi connectivity index (χ0) is 13.6. The Morgan fingerprint density at radius 1 is 1.11 bits per heavy atom. The van der Waals surface area contributed by atoms with Crippen molar-refractivity contribution in [3.05, 3.63) is 24.3 Å². The molecule has 0 unspecified atom stereocenters. The van der Waals surface area contributed by atoms with Crippen LogP contribution in [0.15, 0.2) is 23.6 Å². The van der Waals surface area contributed by atoms with Gasteiger partial charge in [0.1, 0.15) is 0 Å². The maximum absolute atomic E-state index is 13.0. The van der Waals surface area contributed by atoms with Gasteiger partial charge in [-0.2, -0.15) is 17.6 Å². The van der Waals surface area contributed by atoms with Gasteiger partial charge < -0.3 is 9.47 Å². The number of hydrogen-bond donors (Lipinski definition) is 0. The van der Waals surface area contributed by atoms with E-state index >= 15 is 0 Å². The summed E-state index contributed by atoms with van der Waals surface area (Å²) < 4.78 is 59.8. The normalized spacial score (nSPS) is 19.4. The summed E-state index contributed by atoms with van der Waals surface area (Å²) in [6, 6.07) is 2.41. The largest absolute Gasteiger partial charge is 0.507 e. The Labute approximate surface area is 105 Å². The Hall–Kier alpha value is -1.37. The highest BCUT2D eigenvalue weighted by atomic mass is 32.2. The molecule has 0 saturated carbocycles. The van der Waals surface area contributed by atoms with Gasteiger partial charge in [0, 0.05) is 4.90 Å². The van der Waals surface area contributed by atoms with Crippen LogP contribution in [0.2, 0.25) is 0 Å². The van der Waals surface area contributed by atoms with Crippen LogP contribution < -0.4 is 9.47 Å². The summed E-state index contributed by atoms with van der Waals surface area (Å²) in [6.07, 6.45) is -6.25. The Morgan fingerprint density at radius 2 is 1.61 bits per heavy atom. The first-order valence-corrected chi connectivity index (χ1v) is 6.01. The van der Waals surface area contributed by atoms with E-state index in [0.29, 0.717) is 10.5 Å². The second-order valence-corrected chi connectivity index (χ2v) is 4.33. The van der Waals surface area contributed by atoms with Crippen LogP contribution in [-0.2, 0) is 0 Å². The van der Waals surface area contributed by atoms with Gasteiger partial charge in [0.05, 0.1) is 0 Å². The third-order valence-electron chi connectivity index (χ3n) is 2.33. The van der Waals surface area contributed by atoms with Crippen molar-refractivity contribution >= 4 is 17.8 Å². The molecule has 0 spiro atoms. The fourth-order valence-corrected chi connectivity index (χ4v) is 2.05. The fraction of sp³-hybridized carbons (Fsp3) is 0.273. The highest BCUT2D eigenvalue weighted by molar-refractivity contribution is 7.98. The Bertz CT molecular complexity index is 502. The summed E-state index contributed by atoms with van der Waals surface area (Å²) in [5, 5.41) is 0. The van der Waals surface area contributed by atoms with Crippen molar-refractivity contribution in [1.29, 1.82) is 0 Å². The number of thioether (sulfide) groups is 1. The molecule has 0 aliphatic carbocycles. The van der Waals surface area contributed by atoms with E-state index in [4.69, 9.17) is 0 Å². The van der Waals surface area contributed by atoms with Crippen LogP contribution in [0.25, 0.3) is 6.08 Å². The molecule has 1 aliphatic heterocycles. The lowest BCUT2D eigenvalue weighted by atomic mass is 10.2. The standard InChI is InChI=1S/C11H8F4O2S/c1-3-6-4-7-8(5-9(6)18-2)17-11(14,15)10(12,13)16-7/h3-5H,1H2,2H3. The van der Waals surface area contributed by atoms with E-state index in [-0.39, 0.29) is 0 Å². The Balaban J connectivity index is 2.54. The van der Waals surface area contributed by atoms with E-state index in [1.807, 2.05) is 0 Å². The van der Waals surface area contributed by atoms with Crippen LogP contribution >= 0.6 is 11.8 Å². The predicted molar refractivity (Wildman–Crippen MR) is 59.5 cm³/mol. The Kier molecular flexibility index (Phi) is 2.96. The van der Waals surface area contributed by atoms with Gasteiger partial charge in [-0.15, -0.1) is 11.8 Å². The van der Waals surface area contributed by atoms with Gasteiger partial charge in [-0.05, 0) is 24.0 Å². The van der Waals surface area contributed by atoms with E-state index < -0.39 is 23.7 Å². The predicted octanol–water partition coefficient (Wildman–Crippen LogP) is 4.01. The minimum absolute atomic E-state index is 0.416. The quantitative estimate of drug-likeness (QED) is 0.602. The van der Waals surface area contributed by atoms with Crippen molar-refractivity contribution in [3.63, 3.8) is 0 Å². The summed E-state index contributed by atoms with van der Waals surface area (Å²) in [5.74, 6) is -0.848. The van der Waals surface area contributed by atoms with Gasteiger partial charge in [-0.25, -0.2) is 0 Å². The third kappa shape index (κ3) is 1.92. The van der Waals surface area contributed by atoms with Gasteiger partial charge in [-0.1, -0.05) is 12.7 Å². The maximum Gasteiger partial charge on any atom is 0.507 e. The van der Waals surface area contributed by atoms with Gasteiger partial charge in [0.2, 0.25) is 0 Å². The first kappa shape index (κ1) is 13.1. The average molecular weight is 280 g/mol. The molecular formula is C11H8F4O2S. The molecule has 0 atom stereocenters. The van der Waals surface area contributed by atoms with Crippen molar-refractivity contribution in [2.24, 2.45) is 0 Å². The van der Waals surface area contributed by atoms with E-state index in [0.717, 1.165) is 0 Å². The van der Waals surface area contributed by atoms with E-state index in [1.54, 1.807) is 6.26 Å². The molecule has 0 radical (unpaired) electrons. The number of halogens is 4. The molecule has 7 heteroatoms. The van der Waals surface area contributed by atoms with Crippen LogP contribution in [0.1, 0.15) is 5.56 Å². The molecule has 98 valence electrons. The number of ether oxygens (including phenoxy) is 2. The van der Waals surface area contributed by atoms with Crippen molar-refractivity contribution in [2.75, 3.05) is 6.26 Å². The number of benzene rings is 1. The molecule has 1 heterocycles. The van der Waals surface area contributed by atoms with Gasteiger partial charge in [0.25, 0.3) is 0 Å². The average Bonchev–Trinajstić information content (AvgIpc) is 2.28. The van der Waals surface area contributed by atoms with Crippen LogP contribution in [0.4, 0.5) is 17.6 Å². The third-order valence-corrected chi connectivity index (χ3v) is 3.12. The molecule has 0 bridgehead atoms. The number of fused-ring (bicyclic) bond motifs is 1. The highest BCUT2D eigenvalue weighted by Gasteiger charge is 2.66. The highest BCUT2D eigenvalue weighted by Crippen LogP contribution is 2.48. The zero-order valence-corrected chi connectivity index (χ0v) is 9.99. The lowest BCUT2D eigenvalue weighted by Gasteiger charge is -2.32. The van der Waals surface area contributed by atoms with E-state index in [2.05, 4.69) is 16.1 Å². The SMILES string of the molecule is C=Cc1cc2c(cc1SC)OC(F)(F)C(F)(F)O2. The van der Waals surface area contributed by atoms with Crippen LogP contribution in [0, 0.1) is 0 Å². The summed E-state index contributed by atoms with van der Waals surface area (Å²) in [7, 11) is 0. The smallest absolute Gasteiger partial charge is 0.421 e. The zero-order valence-electron chi connectivity index (χ0n) is 9.18. The lowest BCUT2D eigenvalue weighted by Crippen LogP contribution is -2.52. The molecular weight excluding hydrogens is 272 g/mol. The molecule has 0 amide bonds. The van der Waals surface area contributed by atoms with E-state index in [1.165, 1.54) is 30.0 Å². The molecule has 1 aromatic rings. The second kappa shape index (κ2) is 4.08. The molecule has 0 fully saturated rings. The van der Waals surface area contributed by atoms with Crippen LogP contribution in [-0.4, -0.2) is 18.5 Å².